The highest BCUT2D eigenvalue weighted by molar-refractivity contribution is 7.99. The Bertz CT molecular complexity index is 708. The molecule has 8 heteroatoms. The van der Waals surface area contributed by atoms with Gasteiger partial charge in [-0.05, 0) is 31.2 Å². The molecule has 1 aromatic carbocycles. The van der Waals surface area contributed by atoms with Crippen molar-refractivity contribution >= 4 is 27.7 Å². The average Bonchev–Trinajstić information content (AvgIpc) is 2.62. The van der Waals surface area contributed by atoms with Crippen molar-refractivity contribution in [1.82, 2.24) is 14.5 Å². The summed E-state index contributed by atoms with van der Waals surface area (Å²) in [5.74, 6) is 0.0648. The number of thioether (sulfide) groups is 1. The predicted molar refractivity (Wildman–Crippen MR) is 94.6 cm³/mol. The first kappa shape index (κ1) is 17.7. The molecule has 6 nitrogen and oxygen atoms in total. The SMILES string of the molecule is CSc1ccccc1S(=O)(=O)N1CCCC(N2CCNCC2=O)C1. The third-order valence-corrected chi connectivity index (χ3v) is 7.46. The lowest BCUT2D eigenvalue weighted by Crippen LogP contribution is -2.57. The van der Waals surface area contributed by atoms with E-state index in [2.05, 4.69) is 5.32 Å². The topological polar surface area (TPSA) is 69.7 Å². The smallest absolute Gasteiger partial charge is 0.244 e. The van der Waals surface area contributed by atoms with Gasteiger partial charge in [0, 0.05) is 37.1 Å². The van der Waals surface area contributed by atoms with Crippen molar-refractivity contribution in [3.05, 3.63) is 24.3 Å². The summed E-state index contributed by atoms with van der Waals surface area (Å²) in [7, 11) is -3.53. The molecule has 1 aromatic rings. The van der Waals surface area contributed by atoms with Crippen molar-refractivity contribution in [3.63, 3.8) is 0 Å². The number of nitrogens with zero attached hydrogens (tertiary/aromatic N) is 2. The molecule has 2 aliphatic rings. The second kappa shape index (κ2) is 7.43. The molecule has 2 fully saturated rings. The van der Waals surface area contributed by atoms with Gasteiger partial charge in [0.1, 0.15) is 0 Å². The molecule has 0 radical (unpaired) electrons. The molecule has 0 saturated carbocycles. The van der Waals surface area contributed by atoms with Crippen molar-refractivity contribution in [2.24, 2.45) is 0 Å². The summed E-state index contributed by atoms with van der Waals surface area (Å²) in [4.78, 5) is 15.1. The van der Waals surface area contributed by atoms with E-state index >= 15 is 0 Å². The number of carbonyl (C=O) groups is 1. The lowest BCUT2D eigenvalue weighted by molar-refractivity contribution is -0.135. The first-order chi connectivity index (χ1) is 11.5. The van der Waals surface area contributed by atoms with Crippen LogP contribution in [0.25, 0.3) is 0 Å². The van der Waals surface area contributed by atoms with Gasteiger partial charge in [0.2, 0.25) is 15.9 Å². The third kappa shape index (κ3) is 3.46. The van der Waals surface area contributed by atoms with Gasteiger partial charge >= 0.3 is 0 Å². The van der Waals surface area contributed by atoms with Crippen LogP contribution in [0.3, 0.4) is 0 Å². The van der Waals surface area contributed by atoms with E-state index in [0.29, 0.717) is 31.1 Å². The molecule has 1 amide bonds. The summed E-state index contributed by atoms with van der Waals surface area (Å²) < 4.78 is 27.7. The fraction of sp³-hybridized carbons (Fsp3) is 0.562. The lowest BCUT2D eigenvalue weighted by Gasteiger charge is -2.40. The molecule has 2 heterocycles. The maximum Gasteiger partial charge on any atom is 0.244 e. The van der Waals surface area contributed by atoms with Crippen LogP contribution < -0.4 is 5.32 Å². The maximum atomic E-state index is 13.1. The first-order valence-corrected chi connectivity index (χ1v) is 10.8. The second-order valence-electron chi connectivity index (χ2n) is 6.07. The van der Waals surface area contributed by atoms with Crippen molar-refractivity contribution < 1.29 is 13.2 Å². The molecular formula is C16H23N3O3S2. The molecule has 1 N–H and O–H groups in total. The van der Waals surface area contributed by atoms with Crippen LogP contribution in [-0.4, -0.2) is 68.6 Å². The van der Waals surface area contributed by atoms with Crippen LogP contribution in [0.4, 0.5) is 0 Å². The third-order valence-electron chi connectivity index (χ3n) is 4.61. The van der Waals surface area contributed by atoms with Gasteiger partial charge in [-0.15, -0.1) is 11.8 Å². The highest BCUT2D eigenvalue weighted by atomic mass is 32.2. The van der Waals surface area contributed by atoms with Crippen LogP contribution in [0.1, 0.15) is 12.8 Å². The van der Waals surface area contributed by atoms with E-state index in [0.717, 1.165) is 24.3 Å². The monoisotopic (exact) mass is 369 g/mol. The molecule has 3 rings (SSSR count). The van der Waals surface area contributed by atoms with E-state index in [1.165, 1.54) is 11.8 Å². The highest BCUT2D eigenvalue weighted by Crippen LogP contribution is 2.29. The molecule has 0 spiro atoms. The van der Waals surface area contributed by atoms with Gasteiger partial charge in [-0.25, -0.2) is 8.42 Å². The van der Waals surface area contributed by atoms with Crippen LogP contribution in [0.5, 0.6) is 0 Å². The largest absolute Gasteiger partial charge is 0.336 e. The zero-order chi connectivity index (χ0) is 17.2. The molecule has 132 valence electrons. The average molecular weight is 370 g/mol. The van der Waals surface area contributed by atoms with Gasteiger partial charge in [-0.2, -0.15) is 4.31 Å². The molecule has 1 atom stereocenters. The maximum absolute atomic E-state index is 13.1. The van der Waals surface area contributed by atoms with Crippen LogP contribution in [0, 0.1) is 0 Å². The number of benzene rings is 1. The van der Waals surface area contributed by atoms with Gasteiger partial charge < -0.3 is 10.2 Å². The molecular weight excluding hydrogens is 346 g/mol. The van der Waals surface area contributed by atoms with E-state index in [1.54, 1.807) is 16.4 Å². The van der Waals surface area contributed by atoms with Crippen LogP contribution >= 0.6 is 11.8 Å². The van der Waals surface area contributed by atoms with E-state index in [-0.39, 0.29) is 11.9 Å². The van der Waals surface area contributed by atoms with E-state index < -0.39 is 10.0 Å². The Morgan fingerprint density at radius 3 is 2.79 bits per heavy atom. The Kier molecular flexibility index (Phi) is 5.49. The summed E-state index contributed by atoms with van der Waals surface area (Å²) >= 11 is 1.44. The number of piperazine rings is 1. The number of hydrogen-bond acceptors (Lipinski definition) is 5. The summed E-state index contributed by atoms with van der Waals surface area (Å²) in [6.07, 6.45) is 3.53. The minimum atomic E-state index is -3.53. The fourth-order valence-electron chi connectivity index (χ4n) is 3.37. The van der Waals surface area contributed by atoms with E-state index in [9.17, 15) is 13.2 Å². The second-order valence-corrected chi connectivity index (χ2v) is 8.83. The molecule has 2 aliphatic heterocycles. The van der Waals surface area contributed by atoms with Gasteiger partial charge in [-0.3, -0.25) is 4.79 Å². The zero-order valence-electron chi connectivity index (χ0n) is 13.8. The summed E-state index contributed by atoms with van der Waals surface area (Å²) in [5.41, 5.74) is 0. The molecule has 24 heavy (non-hydrogen) atoms. The van der Waals surface area contributed by atoms with Crippen molar-refractivity contribution in [2.75, 3.05) is 39.0 Å². The number of carbonyl (C=O) groups excluding carboxylic acids is 1. The minimum absolute atomic E-state index is 0.0235. The van der Waals surface area contributed by atoms with Crippen LogP contribution in [0.2, 0.25) is 0 Å². The highest BCUT2D eigenvalue weighted by Gasteiger charge is 2.35. The van der Waals surface area contributed by atoms with Gasteiger partial charge in [0.25, 0.3) is 0 Å². The summed E-state index contributed by atoms with van der Waals surface area (Å²) in [5, 5.41) is 3.06. The van der Waals surface area contributed by atoms with E-state index in [4.69, 9.17) is 0 Å². The quantitative estimate of drug-likeness (QED) is 0.802. The zero-order valence-corrected chi connectivity index (χ0v) is 15.4. The van der Waals surface area contributed by atoms with Gasteiger partial charge in [-0.1, -0.05) is 12.1 Å². The minimum Gasteiger partial charge on any atom is -0.336 e. The van der Waals surface area contributed by atoms with Crippen molar-refractivity contribution in [3.8, 4) is 0 Å². The van der Waals surface area contributed by atoms with Gasteiger partial charge in [0.15, 0.2) is 0 Å². The van der Waals surface area contributed by atoms with Crippen molar-refractivity contribution in [2.45, 2.75) is 28.7 Å². The number of nitrogens with one attached hydrogen (secondary N) is 1. The predicted octanol–water partition coefficient (Wildman–Crippen LogP) is 0.993. The standard InChI is InChI=1S/C16H23N3O3S2/c1-23-14-6-2-3-7-15(14)24(21,22)18-9-4-5-13(12-18)19-10-8-17-11-16(19)20/h2-3,6-7,13,17H,4-5,8-12H2,1H3. The fourth-order valence-corrected chi connectivity index (χ4v) is 6.01. The number of hydrogen-bond donors (Lipinski definition) is 1. The molecule has 0 bridgehead atoms. The van der Waals surface area contributed by atoms with Gasteiger partial charge in [0.05, 0.1) is 11.4 Å². The van der Waals surface area contributed by atoms with E-state index in [1.807, 2.05) is 23.3 Å². The number of amides is 1. The summed E-state index contributed by atoms with van der Waals surface area (Å²) in [6.45, 7) is 2.67. The lowest BCUT2D eigenvalue weighted by atomic mass is 10.1. The Morgan fingerprint density at radius 2 is 2.04 bits per heavy atom. The number of sulfonamides is 1. The molecule has 2 saturated heterocycles. The Hall–Kier alpha value is -1.09. The Balaban J connectivity index is 1.82. The van der Waals surface area contributed by atoms with Crippen LogP contribution in [0.15, 0.2) is 34.1 Å². The van der Waals surface area contributed by atoms with Crippen molar-refractivity contribution in [1.29, 1.82) is 0 Å². The normalized spacial score (nSPS) is 23.5. The Labute approximate surface area is 147 Å². The first-order valence-electron chi connectivity index (χ1n) is 8.17. The van der Waals surface area contributed by atoms with Crippen LogP contribution in [-0.2, 0) is 14.8 Å². The summed E-state index contributed by atoms with van der Waals surface area (Å²) in [6, 6.07) is 7.08. The molecule has 1 unspecified atom stereocenters. The Morgan fingerprint density at radius 1 is 1.25 bits per heavy atom. The number of piperidine rings is 1. The molecule has 0 aromatic heterocycles. The molecule has 0 aliphatic carbocycles. The number of rotatable bonds is 4.